The summed E-state index contributed by atoms with van der Waals surface area (Å²) in [5.41, 5.74) is -0.759. The van der Waals surface area contributed by atoms with Crippen molar-refractivity contribution in [2.45, 2.75) is 19.0 Å². The van der Waals surface area contributed by atoms with Crippen LogP contribution in [0.5, 0.6) is 0 Å². The molecule has 0 unspecified atom stereocenters. The average molecular weight is 330 g/mol. The monoisotopic (exact) mass is 330 g/mol. The van der Waals surface area contributed by atoms with Gasteiger partial charge in [-0.1, -0.05) is 0 Å². The first kappa shape index (κ1) is 15.1. The molecule has 0 aromatic carbocycles. The van der Waals surface area contributed by atoms with Crippen molar-refractivity contribution in [2.75, 3.05) is 25.1 Å². The van der Waals surface area contributed by atoms with E-state index >= 15 is 0 Å². The van der Waals surface area contributed by atoms with Crippen LogP contribution in [0.3, 0.4) is 0 Å². The van der Waals surface area contributed by atoms with Crippen molar-refractivity contribution in [1.82, 2.24) is 4.98 Å². The molecule has 2 aromatic heterocycles. The van der Waals surface area contributed by atoms with E-state index in [4.69, 9.17) is 0 Å². The number of carbonyl (C=O) groups is 1. The normalized spacial score (nSPS) is 15.5. The highest BCUT2D eigenvalue weighted by Gasteiger charge is 2.35. The molecule has 118 valence electrons. The van der Waals surface area contributed by atoms with Gasteiger partial charge in [0.1, 0.15) is 15.5 Å². The Morgan fingerprint density at radius 2 is 2.00 bits per heavy atom. The number of ether oxygens (including phenoxy) is 1. The number of hydrogen-bond donors (Lipinski definition) is 0. The smallest absolute Gasteiger partial charge is 0.417 e. The van der Waals surface area contributed by atoms with Crippen molar-refractivity contribution in [3.05, 3.63) is 22.6 Å². The van der Waals surface area contributed by atoms with E-state index in [1.54, 1.807) is 0 Å². The largest absolute Gasteiger partial charge is 0.465 e. The van der Waals surface area contributed by atoms with Crippen LogP contribution in [0.1, 0.15) is 28.1 Å². The summed E-state index contributed by atoms with van der Waals surface area (Å²) >= 11 is 0.921. The lowest BCUT2D eigenvalue weighted by Crippen LogP contribution is -2.20. The van der Waals surface area contributed by atoms with E-state index in [1.807, 2.05) is 4.90 Å². The number of pyridine rings is 1. The van der Waals surface area contributed by atoms with E-state index in [0.717, 1.165) is 30.2 Å². The highest BCUT2D eigenvalue weighted by Crippen LogP contribution is 2.39. The number of anilines is 1. The second-order valence-electron chi connectivity index (χ2n) is 5.04. The van der Waals surface area contributed by atoms with Crippen molar-refractivity contribution in [1.29, 1.82) is 0 Å². The maximum Gasteiger partial charge on any atom is 0.417 e. The van der Waals surface area contributed by atoms with Crippen LogP contribution in [-0.2, 0) is 10.9 Å². The molecule has 0 spiro atoms. The Morgan fingerprint density at radius 3 is 2.59 bits per heavy atom. The highest BCUT2D eigenvalue weighted by molar-refractivity contribution is 7.20. The standard InChI is InChI=1S/C14H13F3N2O2S/c1-21-13(20)10-6-8-9(14(15,16)17)7-11(18-12(8)22-10)19-4-2-3-5-19/h6-7H,2-5H2,1H3. The van der Waals surface area contributed by atoms with Crippen LogP contribution in [0.15, 0.2) is 12.1 Å². The Hall–Kier alpha value is -1.83. The quantitative estimate of drug-likeness (QED) is 0.788. The fourth-order valence-electron chi connectivity index (χ4n) is 2.54. The number of halogens is 3. The third-order valence-electron chi connectivity index (χ3n) is 3.61. The third kappa shape index (κ3) is 2.63. The summed E-state index contributed by atoms with van der Waals surface area (Å²) in [6, 6.07) is 2.27. The van der Waals surface area contributed by atoms with Gasteiger partial charge in [0, 0.05) is 18.5 Å². The molecule has 22 heavy (non-hydrogen) atoms. The zero-order valence-electron chi connectivity index (χ0n) is 11.7. The first-order valence-electron chi connectivity index (χ1n) is 6.75. The minimum atomic E-state index is -4.50. The molecule has 1 aliphatic rings. The van der Waals surface area contributed by atoms with Crippen molar-refractivity contribution in [3.63, 3.8) is 0 Å². The average Bonchev–Trinajstić information content (AvgIpc) is 3.12. The van der Waals surface area contributed by atoms with E-state index in [2.05, 4.69) is 9.72 Å². The number of esters is 1. The van der Waals surface area contributed by atoms with Crippen LogP contribution in [0, 0.1) is 0 Å². The van der Waals surface area contributed by atoms with Gasteiger partial charge in [-0.2, -0.15) is 13.2 Å². The van der Waals surface area contributed by atoms with Gasteiger partial charge in [0.2, 0.25) is 0 Å². The summed E-state index contributed by atoms with van der Waals surface area (Å²) in [4.78, 5) is 18.0. The molecular weight excluding hydrogens is 317 g/mol. The Labute approximate surface area is 128 Å². The van der Waals surface area contributed by atoms with Gasteiger partial charge >= 0.3 is 12.1 Å². The summed E-state index contributed by atoms with van der Waals surface area (Å²) in [5, 5.41) is -0.0548. The number of thiophene rings is 1. The molecule has 1 fully saturated rings. The molecule has 0 radical (unpaired) electrons. The fourth-order valence-corrected chi connectivity index (χ4v) is 3.51. The molecule has 0 N–H and O–H groups in total. The van der Waals surface area contributed by atoms with E-state index in [0.29, 0.717) is 18.9 Å². The zero-order chi connectivity index (χ0) is 15.9. The number of hydrogen-bond acceptors (Lipinski definition) is 5. The van der Waals surface area contributed by atoms with Gasteiger partial charge in [-0.3, -0.25) is 0 Å². The molecule has 1 saturated heterocycles. The van der Waals surface area contributed by atoms with Gasteiger partial charge in [-0.05, 0) is 25.0 Å². The SMILES string of the molecule is COC(=O)c1cc2c(C(F)(F)F)cc(N3CCCC3)nc2s1. The molecule has 0 aliphatic carbocycles. The van der Waals surface area contributed by atoms with E-state index in [-0.39, 0.29) is 15.1 Å². The summed E-state index contributed by atoms with van der Waals surface area (Å²) < 4.78 is 44.5. The second kappa shape index (κ2) is 5.42. The zero-order valence-corrected chi connectivity index (χ0v) is 12.6. The fraction of sp³-hybridized carbons (Fsp3) is 0.429. The third-order valence-corrected chi connectivity index (χ3v) is 4.62. The van der Waals surface area contributed by atoms with Gasteiger partial charge < -0.3 is 9.64 Å². The molecule has 0 saturated carbocycles. The lowest BCUT2D eigenvalue weighted by atomic mass is 10.1. The Bertz CT molecular complexity index is 721. The van der Waals surface area contributed by atoms with Gasteiger partial charge in [0.15, 0.2) is 0 Å². The summed E-state index contributed by atoms with van der Waals surface area (Å²) in [7, 11) is 1.19. The van der Waals surface area contributed by atoms with Crippen LogP contribution in [-0.4, -0.2) is 31.2 Å². The second-order valence-corrected chi connectivity index (χ2v) is 6.07. The molecule has 1 aliphatic heterocycles. The number of alkyl halides is 3. The Morgan fingerprint density at radius 1 is 1.32 bits per heavy atom. The molecule has 0 atom stereocenters. The van der Waals surface area contributed by atoms with Gasteiger partial charge in [0.05, 0.1) is 12.7 Å². The lowest BCUT2D eigenvalue weighted by Gasteiger charge is -2.18. The van der Waals surface area contributed by atoms with Crippen LogP contribution >= 0.6 is 11.3 Å². The van der Waals surface area contributed by atoms with E-state index < -0.39 is 17.7 Å². The molecule has 3 heterocycles. The Balaban J connectivity index is 2.18. The van der Waals surface area contributed by atoms with Gasteiger partial charge in [-0.15, -0.1) is 11.3 Å². The van der Waals surface area contributed by atoms with Crippen LogP contribution in [0.25, 0.3) is 10.2 Å². The van der Waals surface area contributed by atoms with E-state index in [9.17, 15) is 18.0 Å². The number of fused-ring (bicyclic) bond motifs is 1. The lowest BCUT2D eigenvalue weighted by molar-refractivity contribution is -0.136. The first-order chi connectivity index (χ1) is 10.4. The molecular formula is C14H13F3N2O2S. The minimum absolute atomic E-state index is 0.0548. The molecule has 4 nitrogen and oxygen atoms in total. The van der Waals surface area contributed by atoms with Crippen molar-refractivity contribution in [2.24, 2.45) is 0 Å². The van der Waals surface area contributed by atoms with E-state index in [1.165, 1.54) is 13.2 Å². The maximum absolute atomic E-state index is 13.3. The van der Waals surface area contributed by atoms with Crippen LogP contribution < -0.4 is 4.90 Å². The van der Waals surface area contributed by atoms with Crippen LogP contribution in [0.2, 0.25) is 0 Å². The maximum atomic E-state index is 13.3. The van der Waals surface area contributed by atoms with Gasteiger partial charge in [-0.25, -0.2) is 9.78 Å². The number of rotatable bonds is 2. The molecule has 0 bridgehead atoms. The minimum Gasteiger partial charge on any atom is -0.465 e. The summed E-state index contributed by atoms with van der Waals surface area (Å²) in [6.45, 7) is 1.40. The predicted molar refractivity (Wildman–Crippen MR) is 77.4 cm³/mol. The predicted octanol–water partition coefficient (Wildman–Crippen LogP) is 3.70. The van der Waals surface area contributed by atoms with Crippen molar-refractivity contribution < 1.29 is 22.7 Å². The topological polar surface area (TPSA) is 42.4 Å². The molecule has 0 amide bonds. The molecule has 2 aromatic rings. The van der Waals surface area contributed by atoms with Gasteiger partial charge in [0.25, 0.3) is 0 Å². The number of nitrogens with zero attached hydrogens (tertiary/aromatic N) is 2. The highest BCUT2D eigenvalue weighted by atomic mass is 32.1. The molecule has 8 heteroatoms. The Kier molecular flexibility index (Phi) is 3.72. The number of methoxy groups -OCH3 is 1. The van der Waals surface area contributed by atoms with Crippen molar-refractivity contribution in [3.8, 4) is 0 Å². The summed E-state index contributed by atoms with van der Waals surface area (Å²) in [6.07, 6.45) is -2.61. The molecule has 3 rings (SSSR count). The first-order valence-corrected chi connectivity index (χ1v) is 7.57. The number of aromatic nitrogens is 1. The van der Waals surface area contributed by atoms with Crippen LogP contribution in [0.4, 0.5) is 19.0 Å². The van der Waals surface area contributed by atoms with Crippen molar-refractivity contribution >= 4 is 33.3 Å². The summed E-state index contributed by atoms with van der Waals surface area (Å²) in [5.74, 6) is -0.338. The number of carbonyl (C=O) groups excluding carboxylic acids is 1.